The van der Waals surface area contributed by atoms with Crippen molar-refractivity contribution in [2.45, 2.75) is 179 Å². The number of phosphoric ester groups is 1. The number of aliphatic hydroxyl groups excluding tert-OH is 1. The smallest absolute Gasteiger partial charge is 0.462 e. The number of carbonyl (C=O) groups excluding carboxylic acids is 3. The minimum Gasteiger partial charge on any atom is -0.462 e. The molecule has 0 saturated carbocycles. The van der Waals surface area contributed by atoms with Gasteiger partial charge in [0.25, 0.3) is 0 Å². The molecule has 0 spiro atoms. The summed E-state index contributed by atoms with van der Waals surface area (Å²) in [6, 6.07) is -0.857. The molecule has 0 amide bonds. The van der Waals surface area contributed by atoms with Gasteiger partial charge in [0.05, 0.1) is 53.1 Å². The Bertz CT molecular complexity index is 1530. The molecule has 7 atom stereocenters. The second-order valence-electron chi connectivity index (χ2n) is 17.9. The SMILES string of the molecule is CC(=O)OC[C@H](COP(=O)(O)OCC[N+](C)(C)C)OC(=O)/C=C/CCCCC[C@H]1O[C@]2(CCCCCCCCCCCCCCOC[C@H](CO)NS(=O)(=O)O)CC[C@@H](OC(C)=O)[C@@H]1O2. The summed E-state index contributed by atoms with van der Waals surface area (Å²) in [4.78, 5) is 45.8. The number of unbranched alkanes of at least 4 members (excludes halogenated alkanes) is 14. The van der Waals surface area contributed by atoms with Gasteiger partial charge in [0.2, 0.25) is 0 Å². The molecule has 2 fully saturated rings. The zero-order chi connectivity index (χ0) is 47.5. The van der Waals surface area contributed by atoms with Gasteiger partial charge < -0.3 is 42.9 Å². The van der Waals surface area contributed by atoms with E-state index in [1.54, 1.807) is 6.08 Å². The lowest BCUT2D eigenvalue weighted by molar-refractivity contribution is -0.870. The van der Waals surface area contributed by atoms with E-state index in [0.717, 1.165) is 77.0 Å². The normalized spacial score (nSPS) is 22.0. The predicted octanol–water partition coefficient (Wildman–Crippen LogP) is 5.85. The van der Waals surface area contributed by atoms with E-state index in [9.17, 15) is 32.3 Å². The number of aliphatic hydroxyl groups is 1. The van der Waals surface area contributed by atoms with Gasteiger partial charge >= 0.3 is 36.0 Å². The number of hydrogen-bond donors (Lipinski definition) is 4. The quantitative estimate of drug-likeness (QED) is 0.0108. The van der Waals surface area contributed by atoms with Crippen LogP contribution in [0.4, 0.5) is 0 Å². The van der Waals surface area contributed by atoms with Crippen molar-refractivity contribution in [1.29, 1.82) is 0 Å². The second-order valence-corrected chi connectivity index (χ2v) is 20.5. The molecule has 0 aromatic rings. The number of allylic oxidation sites excluding steroid dienone is 1. The first kappa shape index (κ1) is 58.1. The van der Waals surface area contributed by atoms with Gasteiger partial charge in [-0.15, -0.1) is 0 Å². The van der Waals surface area contributed by atoms with E-state index in [1.807, 2.05) is 25.9 Å². The molecule has 2 aliphatic heterocycles. The maximum Gasteiger partial charge on any atom is 0.472 e. The van der Waals surface area contributed by atoms with E-state index in [2.05, 4.69) is 0 Å². The number of phosphoric acid groups is 1. The van der Waals surface area contributed by atoms with Crippen LogP contribution >= 0.6 is 7.82 Å². The van der Waals surface area contributed by atoms with Crippen LogP contribution in [0.2, 0.25) is 0 Å². The molecule has 2 saturated heterocycles. The van der Waals surface area contributed by atoms with Crippen LogP contribution in [0.5, 0.6) is 0 Å². The fourth-order valence-electron chi connectivity index (χ4n) is 7.52. The van der Waals surface area contributed by atoms with E-state index in [1.165, 1.54) is 52.0 Å². The van der Waals surface area contributed by atoms with Gasteiger partial charge in [-0.05, 0) is 38.5 Å². The molecular weight excluding hydrogens is 880 g/mol. The second kappa shape index (κ2) is 31.1. The number of fused-ring (bicyclic) bond motifs is 2. The summed E-state index contributed by atoms with van der Waals surface area (Å²) in [5, 5.41) is 9.16. The van der Waals surface area contributed by atoms with Crippen molar-refractivity contribution in [2.75, 3.05) is 67.3 Å². The van der Waals surface area contributed by atoms with Crippen molar-refractivity contribution < 1.29 is 83.9 Å². The van der Waals surface area contributed by atoms with Crippen LogP contribution in [0.3, 0.4) is 0 Å². The summed E-state index contributed by atoms with van der Waals surface area (Å²) in [6.45, 7) is 2.22. The van der Waals surface area contributed by atoms with Gasteiger partial charge in [-0.3, -0.25) is 23.2 Å². The molecule has 4 N–H and O–H groups in total. The fraction of sp³-hybridized carbons (Fsp3) is 0.884. The lowest BCUT2D eigenvalue weighted by atomic mass is 9.94. The maximum absolute atomic E-state index is 12.5. The molecule has 21 heteroatoms. The summed E-state index contributed by atoms with van der Waals surface area (Å²) in [5.74, 6) is -2.29. The van der Waals surface area contributed by atoms with Gasteiger partial charge in [0.15, 0.2) is 11.9 Å². The van der Waals surface area contributed by atoms with E-state index in [4.69, 9.17) is 47.1 Å². The number of ether oxygens (including phenoxy) is 6. The van der Waals surface area contributed by atoms with Crippen LogP contribution in [0.1, 0.15) is 142 Å². The zero-order valence-corrected chi connectivity index (χ0v) is 40.7. The Kier molecular flexibility index (Phi) is 28.2. The molecule has 2 aliphatic rings. The predicted molar refractivity (Wildman–Crippen MR) is 237 cm³/mol. The lowest BCUT2D eigenvalue weighted by Crippen LogP contribution is -2.43. The highest BCUT2D eigenvalue weighted by Crippen LogP contribution is 2.46. The minimum absolute atomic E-state index is 0.00699. The molecule has 2 bridgehead atoms. The van der Waals surface area contributed by atoms with E-state index in [-0.39, 0.29) is 44.1 Å². The molecule has 374 valence electrons. The van der Waals surface area contributed by atoms with E-state index in [0.29, 0.717) is 36.9 Å². The van der Waals surface area contributed by atoms with Crippen molar-refractivity contribution in [1.82, 2.24) is 4.72 Å². The van der Waals surface area contributed by atoms with Crippen LogP contribution in [0.25, 0.3) is 0 Å². The number of rotatable bonds is 38. The van der Waals surface area contributed by atoms with Crippen LogP contribution in [-0.4, -0.2) is 149 Å². The molecule has 2 rings (SSSR count). The summed E-state index contributed by atoms with van der Waals surface area (Å²) in [5.41, 5.74) is 0. The summed E-state index contributed by atoms with van der Waals surface area (Å²) >= 11 is 0. The first-order valence-corrected chi connectivity index (χ1v) is 26.0. The van der Waals surface area contributed by atoms with Crippen molar-refractivity contribution >= 4 is 36.0 Å². The van der Waals surface area contributed by atoms with Gasteiger partial charge in [0, 0.05) is 39.4 Å². The molecule has 64 heavy (non-hydrogen) atoms. The third-order valence-corrected chi connectivity index (χ3v) is 12.5. The number of likely N-dealkylation sites (N-methyl/N-ethyl adjacent to an activating group) is 1. The number of carbonyl (C=O) groups is 3. The third-order valence-electron chi connectivity index (χ3n) is 10.8. The van der Waals surface area contributed by atoms with Crippen molar-refractivity contribution in [3.63, 3.8) is 0 Å². The average molecular weight is 960 g/mol. The highest BCUT2D eigenvalue weighted by atomic mass is 32.2. The highest BCUT2D eigenvalue weighted by molar-refractivity contribution is 7.83. The van der Waals surface area contributed by atoms with Gasteiger partial charge in [0.1, 0.15) is 32.0 Å². The number of nitrogens with one attached hydrogen (secondary N) is 1. The number of esters is 3. The Labute approximate surface area is 381 Å². The molecule has 0 aromatic heterocycles. The average Bonchev–Trinajstić information content (AvgIpc) is 3.49. The molecule has 1 unspecified atom stereocenters. The van der Waals surface area contributed by atoms with E-state index < -0.39 is 61.2 Å². The molecular formula is C43H80N2O17PS+. The van der Waals surface area contributed by atoms with Crippen molar-refractivity contribution in [3.05, 3.63) is 12.2 Å². The molecule has 2 heterocycles. The first-order valence-electron chi connectivity index (χ1n) is 23.1. The Morgan fingerprint density at radius 1 is 0.844 bits per heavy atom. The number of hydrogen-bond acceptors (Lipinski definition) is 15. The standard InChI is InChI=1S/C43H79N2O17PS/c1-35(47)56-33-38(34-58-63(50,51)57-30-28-45(3,4)5)60-41(49)24-20-16-14-15-19-23-40-42-39(59-36(2)48)25-27-43(61-40,62-42)26-21-17-12-10-8-6-7-9-11-13-18-22-29-55-32-37(31-46)44-64(52,53)54/h20,24,37-40,42,44,46H,6-19,21-23,25-34H2,1-5H3,(H-,50,51,52,53,54)/p+1/b24-20+/t37-,38+,39+,40+,42-,43-/m0/s1. The van der Waals surface area contributed by atoms with Gasteiger partial charge in [-0.25, -0.2) is 9.36 Å². The largest absolute Gasteiger partial charge is 0.472 e. The Morgan fingerprint density at radius 3 is 2.06 bits per heavy atom. The molecule has 0 aliphatic carbocycles. The molecule has 0 radical (unpaired) electrons. The first-order chi connectivity index (χ1) is 30.2. The summed E-state index contributed by atoms with van der Waals surface area (Å²) < 4.78 is 89.7. The zero-order valence-electron chi connectivity index (χ0n) is 39.0. The minimum atomic E-state index is -4.43. The monoisotopic (exact) mass is 959 g/mol. The topological polar surface area (TPSA) is 249 Å². The maximum atomic E-state index is 12.5. The van der Waals surface area contributed by atoms with Crippen LogP contribution in [0.15, 0.2) is 12.2 Å². The van der Waals surface area contributed by atoms with Crippen LogP contribution < -0.4 is 4.72 Å². The van der Waals surface area contributed by atoms with Gasteiger partial charge in [-0.1, -0.05) is 83.1 Å². The number of nitrogens with zero attached hydrogens (tertiary/aromatic N) is 1. The Balaban J connectivity index is 1.63. The van der Waals surface area contributed by atoms with Crippen LogP contribution in [0, 0.1) is 0 Å². The Hall–Kier alpha value is -2.07. The summed E-state index contributed by atoms with van der Waals surface area (Å²) in [7, 11) is -3.08. The molecule has 19 nitrogen and oxygen atoms in total. The lowest BCUT2D eigenvalue weighted by Gasteiger charge is -2.35. The summed E-state index contributed by atoms with van der Waals surface area (Å²) in [6.07, 6.45) is 20.5. The van der Waals surface area contributed by atoms with E-state index >= 15 is 0 Å². The van der Waals surface area contributed by atoms with Crippen molar-refractivity contribution in [3.8, 4) is 0 Å². The fourth-order valence-corrected chi connectivity index (χ4v) is 8.83. The molecule has 0 aromatic carbocycles. The third kappa shape index (κ3) is 28.2. The van der Waals surface area contributed by atoms with Crippen molar-refractivity contribution in [2.24, 2.45) is 0 Å². The van der Waals surface area contributed by atoms with Gasteiger partial charge in [-0.2, -0.15) is 13.1 Å². The highest BCUT2D eigenvalue weighted by Gasteiger charge is 2.54. The number of quaternary nitrogens is 1. The van der Waals surface area contributed by atoms with Crippen LogP contribution in [-0.2, 0) is 66.7 Å². The Morgan fingerprint density at radius 2 is 1.47 bits per heavy atom.